The zero-order valence-corrected chi connectivity index (χ0v) is 16.9. The maximum absolute atomic E-state index is 5.32. The minimum absolute atomic E-state index is 0.531. The molecule has 3 nitrogen and oxygen atoms in total. The summed E-state index contributed by atoms with van der Waals surface area (Å²) in [6.45, 7) is 18.2. The average Bonchev–Trinajstić information content (AvgIpc) is 2.75. The van der Waals surface area contributed by atoms with Crippen LogP contribution in [0.15, 0.2) is 27.0 Å². The normalized spacial score (nSPS) is 17.0. The Hall–Kier alpha value is -1.29. The van der Waals surface area contributed by atoms with Crippen molar-refractivity contribution in [2.45, 2.75) is 60.2 Å². The van der Waals surface area contributed by atoms with Gasteiger partial charge in [-0.2, -0.15) is 0 Å². The Balaban J connectivity index is 2.64. The van der Waals surface area contributed by atoms with Crippen LogP contribution in [0.5, 0.6) is 0 Å². The molecule has 0 saturated carbocycles. The number of aromatic nitrogens is 2. The third-order valence-electron chi connectivity index (χ3n) is 5.84. The molecule has 22 heavy (non-hydrogen) atoms. The second-order valence-electron chi connectivity index (χ2n) is 7.40. The van der Waals surface area contributed by atoms with Crippen LogP contribution in [0.1, 0.15) is 39.1 Å². The summed E-state index contributed by atoms with van der Waals surface area (Å²) in [5.41, 5.74) is 10.2. The van der Waals surface area contributed by atoms with Gasteiger partial charge in [0.15, 0.2) is 13.9 Å². The van der Waals surface area contributed by atoms with E-state index in [0.717, 1.165) is 5.62 Å². The molecule has 1 aromatic rings. The molecule has 1 aliphatic carbocycles. The summed E-state index contributed by atoms with van der Waals surface area (Å²) in [6, 6.07) is 0. The molecule has 0 atom stereocenters. The number of hydrogen-bond acceptors (Lipinski definition) is 1. The number of imidazole rings is 1. The molecule has 1 aromatic heterocycles. The second kappa shape index (κ2) is 5.41. The standard InChI is InChI=1S/C18H31N3Si/c1-11-12(2)14(4)17(13(11)3)22(9,10)19-18-20(7)15(5)16(6)21(18)8/h17H,1-10H3. The van der Waals surface area contributed by atoms with E-state index in [1.807, 2.05) is 0 Å². The molecule has 0 aliphatic heterocycles. The molecular weight excluding hydrogens is 286 g/mol. The van der Waals surface area contributed by atoms with Gasteiger partial charge < -0.3 is 9.13 Å². The molecule has 0 N–H and O–H groups in total. The van der Waals surface area contributed by atoms with Gasteiger partial charge in [-0.25, -0.2) is 0 Å². The third-order valence-corrected chi connectivity index (χ3v) is 8.89. The predicted octanol–water partition coefficient (Wildman–Crippen LogP) is 4.14. The molecule has 4 heteroatoms. The highest BCUT2D eigenvalue weighted by atomic mass is 28.3. The molecule has 122 valence electrons. The van der Waals surface area contributed by atoms with E-state index in [2.05, 4.69) is 77.9 Å². The molecule has 0 saturated heterocycles. The fourth-order valence-electron chi connectivity index (χ4n) is 3.89. The van der Waals surface area contributed by atoms with Crippen LogP contribution in [0.3, 0.4) is 0 Å². The maximum atomic E-state index is 5.32. The predicted molar refractivity (Wildman–Crippen MR) is 97.4 cm³/mol. The molecule has 0 amide bonds. The van der Waals surface area contributed by atoms with Crippen LogP contribution in [0.25, 0.3) is 0 Å². The fraction of sp³-hybridized carbons (Fsp3) is 0.611. The first-order valence-corrected chi connectivity index (χ1v) is 11.1. The van der Waals surface area contributed by atoms with Gasteiger partial charge in [-0.1, -0.05) is 11.1 Å². The Kier molecular flexibility index (Phi) is 4.20. The largest absolute Gasteiger partial charge is 0.318 e. The second-order valence-corrected chi connectivity index (χ2v) is 11.5. The Morgan fingerprint density at radius 3 is 1.50 bits per heavy atom. The van der Waals surface area contributed by atoms with Gasteiger partial charge >= 0.3 is 0 Å². The highest BCUT2D eigenvalue weighted by molar-refractivity contribution is 6.78. The molecular formula is C18H31N3Si. The number of hydrogen-bond donors (Lipinski definition) is 0. The Bertz CT molecular complexity index is 702. The maximum Gasteiger partial charge on any atom is 0.195 e. The fourth-order valence-corrected chi connectivity index (χ4v) is 7.39. The molecule has 0 aromatic carbocycles. The quantitative estimate of drug-likeness (QED) is 0.732. The van der Waals surface area contributed by atoms with Crippen molar-refractivity contribution in [2.24, 2.45) is 18.8 Å². The van der Waals surface area contributed by atoms with Gasteiger partial charge in [0.2, 0.25) is 0 Å². The lowest BCUT2D eigenvalue weighted by molar-refractivity contribution is 0.732. The summed E-state index contributed by atoms with van der Waals surface area (Å²) in [5.74, 6) is 0. The van der Waals surface area contributed by atoms with Crippen molar-refractivity contribution in [3.8, 4) is 0 Å². The van der Waals surface area contributed by atoms with Crippen LogP contribution >= 0.6 is 0 Å². The minimum Gasteiger partial charge on any atom is -0.318 e. The topological polar surface area (TPSA) is 22.2 Å². The SMILES string of the molecule is CC1=C(C)C([Si](C)(C)N=c2n(C)c(C)c(C)n2C)C(C)=C1C. The lowest BCUT2D eigenvalue weighted by Gasteiger charge is -2.28. The number of nitrogens with zero attached hydrogens (tertiary/aromatic N) is 3. The van der Waals surface area contributed by atoms with Gasteiger partial charge in [-0.05, 0) is 65.8 Å². The first-order valence-electron chi connectivity index (χ1n) is 8.10. The number of rotatable bonds is 2. The zero-order valence-electron chi connectivity index (χ0n) is 15.9. The Labute approximate surface area is 136 Å². The highest BCUT2D eigenvalue weighted by Gasteiger charge is 2.39. The Morgan fingerprint density at radius 1 is 0.773 bits per heavy atom. The lowest BCUT2D eigenvalue weighted by atomic mass is 10.1. The smallest absolute Gasteiger partial charge is 0.195 e. The van der Waals surface area contributed by atoms with E-state index in [-0.39, 0.29) is 0 Å². The van der Waals surface area contributed by atoms with Gasteiger partial charge in [-0.15, -0.1) is 0 Å². The van der Waals surface area contributed by atoms with Crippen molar-refractivity contribution in [1.82, 2.24) is 9.13 Å². The van der Waals surface area contributed by atoms with Crippen LogP contribution in [0.4, 0.5) is 0 Å². The van der Waals surface area contributed by atoms with Crippen molar-refractivity contribution >= 4 is 8.24 Å². The summed E-state index contributed by atoms with van der Waals surface area (Å²) in [5, 5.41) is 0. The minimum atomic E-state index is -1.83. The number of allylic oxidation sites excluding steroid dienone is 4. The molecule has 1 aliphatic rings. The van der Waals surface area contributed by atoms with E-state index in [4.69, 9.17) is 4.66 Å². The van der Waals surface area contributed by atoms with Crippen molar-refractivity contribution in [3.05, 3.63) is 39.3 Å². The van der Waals surface area contributed by atoms with E-state index in [1.165, 1.54) is 33.7 Å². The van der Waals surface area contributed by atoms with Crippen LogP contribution in [0, 0.1) is 13.8 Å². The highest BCUT2D eigenvalue weighted by Crippen LogP contribution is 2.46. The van der Waals surface area contributed by atoms with Crippen molar-refractivity contribution in [2.75, 3.05) is 0 Å². The Morgan fingerprint density at radius 2 is 1.14 bits per heavy atom. The van der Waals surface area contributed by atoms with Crippen LogP contribution in [-0.4, -0.2) is 17.4 Å². The van der Waals surface area contributed by atoms with Gasteiger partial charge in [-0.3, -0.25) is 4.66 Å². The van der Waals surface area contributed by atoms with Crippen LogP contribution in [0.2, 0.25) is 18.6 Å². The van der Waals surface area contributed by atoms with E-state index >= 15 is 0 Å². The molecule has 0 radical (unpaired) electrons. The summed E-state index contributed by atoms with van der Waals surface area (Å²) in [4.78, 5) is 0. The monoisotopic (exact) mass is 317 g/mol. The molecule has 0 fully saturated rings. The van der Waals surface area contributed by atoms with Gasteiger partial charge in [0.25, 0.3) is 0 Å². The average molecular weight is 318 g/mol. The van der Waals surface area contributed by atoms with Gasteiger partial charge in [0.1, 0.15) is 0 Å². The summed E-state index contributed by atoms with van der Waals surface area (Å²) in [7, 11) is 2.43. The summed E-state index contributed by atoms with van der Waals surface area (Å²) in [6.07, 6.45) is 0. The molecule has 2 rings (SSSR count). The molecule has 1 heterocycles. The zero-order chi connectivity index (χ0) is 17.0. The summed E-state index contributed by atoms with van der Waals surface area (Å²) < 4.78 is 9.79. The van der Waals surface area contributed by atoms with E-state index in [9.17, 15) is 0 Å². The van der Waals surface area contributed by atoms with E-state index < -0.39 is 8.24 Å². The van der Waals surface area contributed by atoms with E-state index in [1.54, 1.807) is 0 Å². The van der Waals surface area contributed by atoms with Crippen LogP contribution < -0.4 is 5.62 Å². The van der Waals surface area contributed by atoms with Crippen molar-refractivity contribution < 1.29 is 0 Å². The third kappa shape index (κ3) is 2.37. The van der Waals surface area contributed by atoms with Gasteiger partial charge in [0, 0.05) is 31.0 Å². The first kappa shape index (κ1) is 17.1. The molecule has 0 bridgehead atoms. The van der Waals surface area contributed by atoms with Crippen molar-refractivity contribution in [1.29, 1.82) is 0 Å². The van der Waals surface area contributed by atoms with E-state index in [0.29, 0.717) is 5.54 Å². The van der Waals surface area contributed by atoms with Crippen molar-refractivity contribution in [3.63, 3.8) is 0 Å². The molecule has 0 unspecified atom stereocenters. The van der Waals surface area contributed by atoms with Crippen LogP contribution in [-0.2, 0) is 14.1 Å². The molecule has 0 spiro atoms. The first-order chi connectivity index (χ1) is 10.0. The lowest BCUT2D eigenvalue weighted by Crippen LogP contribution is -2.37. The van der Waals surface area contributed by atoms with Gasteiger partial charge in [0.05, 0.1) is 0 Å². The summed E-state index contributed by atoms with van der Waals surface area (Å²) >= 11 is 0.